The summed E-state index contributed by atoms with van der Waals surface area (Å²) in [6.07, 6.45) is 1.99. The fourth-order valence-corrected chi connectivity index (χ4v) is 4.21. The van der Waals surface area contributed by atoms with Crippen LogP contribution in [0.5, 0.6) is 0 Å². The van der Waals surface area contributed by atoms with Crippen molar-refractivity contribution in [2.75, 3.05) is 11.9 Å². The molecule has 3 aromatic carbocycles. The van der Waals surface area contributed by atoms with E-state index in [9.17, 15) is 19.2 Å². The monoisotopic (exact) mass is 514 g/mol. The maximum Gasteiger partial charge on any atom is 0.251 e. The number of amides is 3. The molecule has 0 spiro atoms. The quantitative estimate of drug-likeness (QED) is 0.244. The van der Waals surface area contributed by atoms with E-state index in [0.717, 1.165) is 5.56 Å². The zero-order valence-corrected chi connectivity index (χ0v) is 21.3. The van der Waals surface area contributed by atoms with Gasteiger partial charge in [-0.15, -0.1) is 0 Å². The minimum atomic E-state index is -0.826. The van der Waals surface area contributed by atoms with Gasteiger partial charge in [-0.25, -0.2) is 0 Å². The molecule has 0 aliphatic rings. The number of benzene rings is 3. The Balaban J connectivity index is 1.81. The van der Waals surface area contributed by atoms with Crippen LogP contribution < -0.4 is 22.1 Å². The van der Waals surface area contributed by atoms with Gasteiger partial charge in [-0.1, -0.05) is 67.1 Å². The van der Waals surface area contributed by atoms with Crippen molar-refractivity contribution in [1.82, 2.24) is 5.32 Å². The van der Waals surface area contributed by atoms with Gasteiger partial charge in [-0.2, -0.15) is 0 Å². The summed E-state index contributed by atoms with van der Waals surface area (Å²) >= 11 is 0. The molecule has 6 N–H and O–H groups in total. The molecule has 8 nitrogen and oxygen atoms in total. The molecule has 0 aromatic heterocycles. The molecule has 0 saturated carbocycles. The van der Waals surface area contributed by atoms with Crippen LogP contribution in [0.2, 0.25) is 0 Å². The lowest BCUT2D eigenvalue weighted by molar-refractivity contribution is -0.127. The average Bonchev–Trinajstić information content (AvgIpc) is 2.93. The number of hydrogen-bond donors (Lipinski definition) is 4. The molecule has 0 aliphatic heterocycles. The number of hydrogen-bond acceptors (Lipinski definition) is 5. The van der Waals surface area contributed by atoms with E-state index >= 15 is 0 Å². The van der Waals surface area contributed by atoms with E-state index in [0.29, 0.717) is 43.5 Å². The molecular weight excluding hydrogens is 480 g/mol. The molecule has 3 aromatic rings. The third kappa shape index (κ3) is 8.38. The van der Waals surface area contributed by atoms with Crippen LogP contribution in [0.1, 0.15) is 52.0 Å². The Hall–Kier alpha value is -4.30. The Morgan fingerprint density at radius 3 is 2.08 bits per heavy atom. The predicted molar refractivity (Wildman–Crippen MR) is 147 cm³/mol. The van der Waals surface area contributed by atoms with E-state index < -0.39 is 23.8 Å². The number of Topliss-reactive ketones (excluding diaryl/α,β-unsaturated/α-hetero) is 1. The molecule has 3 rings (SSSR count). The van der Waals surface area contributed by atoms with E-state index in [1.54, 1.807) is 42.5 Å². The molecule has 0 radical (unpaired) electrons. The fourth-order valence-electron chi connectivity index (χ4n) is 4.21. The highest BCUT2D eigenvalue weighted by atomic mass is 16.2. The van der Waals surface area contributed by atoms with Gasteiger partial charge in [0.25, 0.3) is 11.8 Å². The van der Waals surface area contributed by atoms with Gasteiger partial charge in [-0.3, -0.25) is 19.2 Å². The maximum atomic E-state index is 13.6. The van der Waals surface area contributed by atoms with Gasteiger partial charge in [0.2, 0.25) is 5.91 Å². The SMILES string of the molecule is NCCCC[C@H](CC(=O)[C@H](Cc1ccccc1)NC(=O)c1ccccc1)C(=O)Nc1ccccc1C(N)=O. The lowest BCUT2D eigenvalue weighted by atomic mass is 9.90. The summed E-state index contributed by atoms with van der Waals surface area (Å²) in [6.45, 7) is 0.469. The molecular formula is C30H34N4O4. The normalized spacial score (nSPS) is 12.2. The summed E-state index contributed by atoms with van der Waals surface area (Å²) in [5.41, 5.74) is 12.9. The van der Waals surface area contributed by atoms with Crippen LogP contribution in [-0.2, 0) is 16.0 Å². The number of ketones is 1. The van der Waals surface area contributed by atoms with Gasteiger partial charge >= 0.3 is 0 Å². The highest BCUT2D eigenvalue weighted by molar-refractivity contribution is 6.04. The fraction of sp³-hybridized carbons (Fsp3) is 0.267. The van der Waals surface area contributed by atoms with Gasteiger partial charge in [-0.05, 0) is 55.6 Å². The number of nitrogens with one attached hydrogen (secondary N) is 2. The first kappa shape index (κ1) is 28.3. The number of primary amides is 1. The first-order valence-electron chi connectivity index (χ1n) is 12.7. The maximum absolute atomic E-state index is 13.6. The summed E-state index contributed by atoms with van der Waals surface area (Å²) in [5.74, 6) is -2.35. The van der Waals surface area contributed by atoms with Crippen LogP contribution in [0.4, 0.5) is 5.69 Å². The Bertz CT molecular complexity index is 1230. The number of para-hydroxylation sites is 1. The van der Waals surface area contributed by atoms with Crippen LogP contribution in [0.15, 0.2) is 84.9 Å². The van der Waals surface area contributed by atoms with Crippen LogP contribution in [-0.4, -0.2) is 36.1 Å². The van der Waals surface area contributed by atoms with Crippen molar-refractivity contribution in [3.8, 4) is 0 Å². The van der Waals surface area contributed by atoms with E-state index in [-0.39, 0.29) is 23.7 Å². The van der Waals surface area contributed by atoms with Gasteiger partial charge in [0.1, 0.15) is 0 Å². The highest BCUT2D eigenvalue weighted by Crippen LogP contribution is 2.21. The molecule has 198 valence electrons. The highest BCUT2D eigenvalue weighted by Gasteiger charge is 2.28. The standard InChI is InChI=1S/C30H34N4O4/c31-18-10-9-15-23(30(38)33-25-17-8-7-16-24(25)28(32)36)20-27(35)26(19-21-11-3-1-4-12-21)34-29(37)22-13-5-2-6-14-22/h1-8,11-14,16-17,23,26H,9-10,15,18-20,31H2,(H2,32,36)(H,33,38)(H,34,37)/t23-,26+/m1/s1. The Kier molecular flexibility index (Phi) is 10.7. The largest absolute Gasteiger partial charge is 0.366 e. The van der Waals surface area contributed by atoms with Crippen molar-refractivity contribution in [1.29, 1.82) is 0 Å². The molecule has 0 aliphatic carbocycles. The van der Waals surface area contributed by atoms with Gasteiger partial charge in [0.15, 0.2) is 5.78 Å². The van der Waals surface area contributed by atoms with E-state index in [4.69, 9.17) is 11.5 Å². The second kappa shape index (κ2) is 14.4. The van der Waals surface area contributed by atoms with Gasteiger partial charge in [0, 0.05) is 17.9 Å². The van der Waals surface area contributed by atoms with Gasteiger partial charge < -0.3 is 22.1 Å². The van der Waals surface area contributed by atoms with Crippen LogP contribution in [0.3, 0.4) is 0 Å². The van der Waals surface area contributed by atoms with Crippen LogP contribution in [0, 0.1) is 5.92 Å². The zero-order valence-electron chi connectivity index (χ0n) is 21.3. The molecule has 2 atom stereocenters. The lowest BCUT2D eigenvalue weighted by Gasteiger charge is -2.22. The second-order valence-corrected chi connectivity index (χ2v) is 9.13. The zero-order chi connectivity index (χ0) is 27.3. The molecule has 0 saturated heterocycles. The Labute approximate surface area is 222 Å². The number of carbonyl (C=O) groups is 4. The van der Waals surface area contributed by atoms with Crippen molar-refractivity contribution in [3.05, 3.63) is 102 Å². The third-order valence-corrected chi connectivity index (χ3v) is 6.29. The van der Waals surface area contributed by atoms with Gasteiger partial charge in [0.05, 0.1) is 17.3 Å². The Morgan fingerprint density at radius 1 is 0.789 bits per heavy atom. The summed E-state index contributed by atoms with van der Waals surface area (Å²) in [7, 11) is 0. The topological polar surface area (TPSA) is 144 Å². The Morgan fingerprint density at radius 2 is 1.42 bits per heavy atom. The van der Waals surface area contributed by atoms with Crippen LogP contribution in [0.25, 0.3) is 0 Å². The van der Waals surface area contributed by atoms with E-state index in [1.165, 1.54) is 6.07 Å². The second-order valence-electron chi connectivity index (χ2n) is 9.13. The van der Waals surface area contributed by atoms with Crippen molar-refractivity contribution in [3.63, 3.8) is 0 Å². The van der Waals surface area contributed by atoms with E-state index in [2.05, 4.69) is 10.6 Å². The summed E-state index contributed by atoms with van der Waals surface area (Å²) in [4.78, 5) is 51.6. The minimum Gasteiger partial charge on any atom is -0.366 e. The predicted octanol–water partition coefficient (Wildman–Crippen LogP) is 3.47. The third-order valence-electron chi connectivity index (χ3n) is 6.29. The summed E-state index contributed by atoms with van der Waals surface area (Å²) in [5, 5.41) is 5.63. The minimum absolute atomic E-state index is 0.0816. The van der Waals surface area contributed by atoms with Crippen molar-refractivity contribution in [2.24, 2.45) is 17.4 Å². The first-order chi connectivity index (χ1) is 18.4. The molecule has 0 bridgehead atoms. The van der Waals surface area contributed by atoms with E-state index in [1.807, 2.05) is 36.4 Å². The molecule has 0 fully saturated rings. The molecule has 0 heterocycles. The average molecular weight is 515 g/mol. The molecule has 8 heteroatoms. The number of anilines is 1. The van der Waals surface area contributed by atoms with Crippen molar-refractivity contribution >= 4 is 29.2 Å². The first-order valence-corrected chi connectivity index (χ1v) is 12.7. The van der Waals surface area contributed by atoms with Crippen molar-refractivity contribution < 1.29 is 19.2 Å². The summed E-state index contributed by atoms with van der Waals surface area (Å²) < 4.78 is 0. The molecule has 38 heavy (non-hydrogen) atoms. The molecule has 0 unspecified atom stereocenters. The lowest BCUT2D eigenvalue weighted by Crippen LogP contribution is -2.43. The molecule has 3 amide bonds. The number of carbonyl (C=O) groups excluding carboxylic acids is 4. The smallest absolute Gasteiger partial charge is 0.251 e. The number of rotatable bonds is 14. The van der Waals surface area contributed by atoms with Crippen LogP contribution >= 0.6 is 0 Å². The number of nitrogens with two attached hydrogens (primary N) is 2. The van der Waals surface area contributed by atoms with Crippen molar-refractivity contribution in [2.45, 2.75) is 38.1 Å². The summed E-state index contributed by atoms with van der Waals surface area (Å²) in [6, 6.07) is 23.7. The number of unbranched alkanes of at least 4 members (excludes halogenated alkanes) is 1.